The zero-order valence-electron chi connectivity index (χ0n) is 32.7. The number of nitrogens with zero attached hydrogens (tertiary/aromatic N) is 7. The highest BCUT2D eigenvalue weighted by atomic mass is 16.7. The maximum Gasteiger partial charge on any atom is 0.287 e. The Morgan fingerprint density at radius 3 is 1.43 bits per heavy atom. The minimum absolute atomic E-state index is 0.0246. The van der Waals surface area contributed by atoms with Gasteiger partial charge in [-0.15, -0.1) is 9.46 Å². The molecule has 0 aliphatic rings. The second-order valence-electron chi connectivity index (χ2n) is 13.6. The summed E-state index contributed by atoms with van der Waals surface area (Å²) in [6.07, 6.45) is 2.82. The van der Waals surface area contributed by atoms with Crippen LogP contribution in [0.2, 0.25) is 0 Å². The number of rotatable bonds is 13. The number of aromatic nitrogens is 6. The molecular formula is C44H40N10O6. The average Bonchev–Trinajstić information content (AvgIpc) is 3.26. The fourth-order valence-corrected chi connectivity index (χ4v) is 6.30. The molecule has 4 aromatic heterocycles. The van der Waals surface area contributed by atoms with Gasteiger partial charge in [0.25, 0.3) is 16.8 Å². The van der Waals surface area contributed by atoms with E-state index >= 15 is 0 Å². The lowest BCUT2D eigenvalue weighted by Gasteiger charge is -2.15. The van der Waals surface area contributed by atoms with Crippen LogP contribution in [0.1, 0.15) is 33.6 Å². The standard InChI is InChI=1S/C22H19N5O4.C22H21N5O2/c1-15-21-19(23-12-16-7-9-18(10-8-16)27(29)30)11-20(28)26(22(21)25-14-24-15)31-13-17-5-3-2-4-6-17;1-15-21-19(24-12-16-7-9-18(23)10-8-16)11-20(28)27(22(21)26-14-25-15)29-13-17-5-3-2-4-6-17/h2-11,14,23H,12-13H2,1H3;2-11,14,24H,12-13,23H2,1H3. The molecule has 16 nitrogen and oxygen atoms in total. The summed E-state index contributed by atoms with van der Waals surface area (Å²) >= 11 is 0. The lowest BCUT2D eigenvalue weighted by atomic mass is 10.2. The van der Waals surface area contributed by atoms with Gasteiger partial charge in [-0.05, 0) is 48.2 Å². The molecule has 0 amide bonds. The molecule has 4 N–H and O–H groups in total. The SMILES string of the molecule is Cc1ncnc2c1c(NCc1ccc(N)cc1)cc(=O)n2OCc1ccccc1.Cc1ncnc2c1c(NCc1ccc([N+](=O)[O-])cc1)cc(=O)n2OCc1ccccc1. The molecule has 60 heavy (non-hydrogen) atoms. The molecule has 0 aliphatic heterocycles. The third-order valence-electron chi connectivity index (χ3n) is 9.39. The lowest BCUT2D eigenvalue weighted by Crippen LogP contribution is -2.28. The van der Waals surface area contributed by atoms with E-state index in [1.54, 1.807) is 12.1 Å². The van der Waals surface area contributed by atoms with Crippen LogP contribution < -0.4 is 37.2 Å². The van der Waals surface area contributed by atoms with Crippen LogP contribution in [0.15, 0.2) is 144 Å². The first-order chi connectivity index (χ1) is 29.1. The number of hydrogen-bond acceptors (Lipinski definition) is 13. The van der Waals surface area contributed by atoms with E-state index in [4.69, 9.17) is 15.4 Å². The summed E-state index contributed by atoms with van der Waals surface area (Å²) in [6.45, 7) is 5.09. The number of anilines is 3. The van der Waals surface area contributed by atoms with Crippen molar-refractivity contribution in [1.29, 1.82) is 0 Å². The average molecular weight is 805 g/mol. The molecule has 8 rings (SSSR count). The number of nitrogens with two attached hydrogens (primary N) is 1. The zero-order chi connectivity index (χ0) is 42.0. The van der Waals surface area contributed by atoms with E-state index in [1.165, 1.54) is 46.4 Å². The van der Waals surface area contributed by atoms with Crippen LogP contribution in [0.4, 0.5) is 22.7 Å². The van der Waals surface area contributed by atoms with Crippen LogP contribution in [-0.2, 0) is 26.3 Å². The van der Waals surface area contributed by atoms with Crippen LogP contribution in [0.5, 0.6) is 0 Å². The van der Waals surface area contributed by atoms with E-state index in [-0.39, 0.29) is 30.0 Å². The normalized spacial score (nSPS) is 10.8. The fraction of sp³-hybridized carbons (Fsp3) is 0.136. The highest BCUT2D eigenvalue weighted by molar-refractivity contribution is 5.91. The molecule has 4 aromatic carbocycles. The van der Waals surface area contributed by atoms with Gasteiger partial charge in [-0.2, -0.15) is 0 Å². The van der Waals surface area contributed by atoms with Gasteiger partial charge in [0.1, 0.15) is 25.9 Å². The van der Waals surface area contributed by atoms with Crippen molar-refractivity contribution in [3.05, 3.63) is 198 Å². The van der Waals surface area contributed by atoms with E-state index in [2.05, 4.69) is 30.6 Å². The molecule has 0 fully saturated rings. The quantitative estimate of drug-likeness (QED) is 0.0678. The summed E-state index contributed by atoms with van der Waals surface area (Å²) in [5.41, 5.74) is 13.0. The Morgan fingerprint density at radius 2 is 1.02 bits per heavy atom. The van der Waals surface area contributed by atoms with Gasteiger partial charge in [0, 0.05) is 43.0 Å². The summed E-state index contributed by atoms with van der Waals surface area (Å²) in [7, 11) is 0. The molecule has 0 aliphatic carbocycles. The number of fused-ring (bicyclic) bond motifs is 2. The monoisotopic (exact) mass is 804 g/mol. The minimum Gasteiger partial charge on any atom is -0.404 e. The Hall–Kier alpha value is -8.14. The number of aryl methyl sites for hydroxylation is 2. The topological polar surface area (TPSA) is 207 Å². The first-order valence-electron chi connectivity index (χ1n) is 18.8. The Kier molecular flexibility index (Phi) is 12.3. The Morgan fingerprint density at radius 1 is 0.600 bits per heavy atom. The van der Waals surface area contributed by atoms with Crippen LogP contribution in [0.25, 0.3) is 22.1 Å². The van der Waals surface area contributed by atoms with Crippen molar-refractivity contribution < 1.29 is 14.6 Å². The summed E-state index contributed by atoms with van der Waals surface area (Å²) < 4.78 is 2.40. The number of pyridine rings is 2. The van der Waals surface area contributed by atoms with Crippen LogP contribution in [0.3, 0.4) is 0 Å². The third-order valence-corrected chi connectivity index (χ3v) is 9.39. The predicted octanol–water partition coefficient (Wildman–Crippen LogP) is 6.17. The molecule has 4 heterocycles. The second kappa shape index (κ2) is 18.4. The fourth-order valence-electron chi connectivity index (χ4n) is 6.30. The summed E-state index contributed by atoms with van der Waals surface area (Å²) in [4.78, 5) is 64.6. The first kappa shape index (κ1) is 40.1. The van der Waals surface area contributed by atoms with Crippen molar-refractivity contribution in [2.45, 2.75) is 40.2 Å². The molecule has 0 atom stereocenters. The number of nitrogen functional groups attached to an aromatic ring is 1. The van der Waals surface area contributed by atoms with Crippen molar-refractivity contribution in [1.82, 2.24) is 29.4 Å². The van der Waals surface area contributed by atoms with E-state index in [1.807, 2.05) is 98.8 Å². The lowest BCUT2D eigenvalue weighted by molar-refractivity contribution is -0.384. The molecule has 0 spiro atoms. The Labute approximate surface area is 343 Å². The molecule has 8 aromatic rings. The van der Waals surface area contributed by atoms with Crippen molar-refractivity contribution in [3.8, 4) is 0 Å². The Balaban J connectivity index is 0.000000182. The minimum atomic E-state index is -0.444. The van der Waals surface area contributed by atoms with E-state index in [9.17, 15) is 19.7 Å². The number of nitrogens with one attached hydrogen (secondary N) is 2. The smallest absolute Gasteiger partial charge is 0.287 e. The summed E-state index contributed by atoms with van der Waals surface area (Å²) in [6, 6.07) is 36.0. The van der Waals surface area contributed by atoms with Crippen molar-refractivity contribution in [2.24, 2.45) is 0 Å². The molecule has 0 saturated heterocycles. The molecule has 0 saturated carbocycles. The van der Waals surface area contributed by atoms with Crippen LogP contribution in [-0.4, -0.2) is 34.3 Å². The predicted molar refractivity (Wildman–Crippen MR) is 229 cm³/mol. The molecule has 302 valence electrons. The molecule has 0 bridgehead atoms. The number of hydrogen-bond donors (Lipinski definition) is 3. The summed E-state index contributed by atoms with van der Waals surface area (Å²) in [5.74, 6) is 0. The van der Waals surface area contributed by atoms with Gasteiger partial charge in [-0.1, -0.05) is 84.9 Å². The van der Waals surface area contributed by atoms with Gasteiger partial charge in [0.05, 0.1) is 38.5 Å². The van der Waals surface area contributed by atoms with Crippen LogP contribution in [0, 0.1) is 24.0 Å². The highest BCUT2D eigenvalue weighted by Crippen LogP contribution is 2.25. The second-order valence-corrected chi connectivity index (χ2v) is 13.6. The first-order valence-corrected chi connectivity index (χ1v) is 18.8. The number of non-ortho nitro benzene ring substituents is 1. The third kappa shape index (κ3) is 9.51. The zero-order valence-corrected chi connectivity index (χ0v) is 32.7. The van der Waals surface area contributed by atoms with Gasteiger partial charge in [0.2, 0.25) is 0 Å². The molecule has 0 radical (unpaired) electrons. The largest absolute Gasteiger partial charge is 0.404 e. The number of benzene rings is 4. The summed E-state index contributed by atoms with van der Waals surface area (Å²) in [5, 5.41) is 18.8. The molecule has 16 heteroatoms. The van der Waals surface area contributed by atoms with Gasteiger partial charge in [-0.25, -0.2) is 19.9 Å². The highest BCUT2D eigenvalue weighted by Gasteiger charge is 2.16. The van der Waals surface area contributed by atoms with Gasteiger partial charge in [0.15, 0.2) is 11.3 Å². The maximum absolute atomic E-state index is 12.8. The van der Waals surface area contributed by atoms with Crippen LogP contribution >= 0.6 is 0 Å². The molecular weight excluding hydrogens is 765 g/mol. The van der Waals surface area contributed by atoms with E-state index < -0.39 is 4.92 Å². The van der Waals surface area contributed by atoms with E-state index in [0.29, 0.717) is 52.5 Å². The van der Waals surface area contributed by atoms with Crippen molar-refractivity contribution >= 4 is 44.8 Å². The van der Waals surface area contributed by atoms with Gasteiger partial charge in [-0.3, -0.25) is 19.7 Å². The number of nitro groups is 1. The van der Waals surface area contributed by atoms with Crippen molar-refractivity contribution in [3.63, 3.8) is 0 Å². The maximum atomic E-state index is 12.8. The number of nitro benzene ring substituents is 1. The van der Waals surface area contributed by atoms with Gasteiger partial charge >= 0.3 is 0 Å². The van der Waals surface area contributed by atoms with Crippen molar-refractivity contribution in [2.75, 3.05) is 16.4 Å². The molecule has 0 unspecified atom stereocenters. The van der Waals surface area contributed by atoms with E-state index in [0.717, 1.165) is 33.3 Å². The Bertz CT molecular complexity index is 2870. The van der Waals surface area contributed by atoms with Gasteiger partial charge < -0.3 is 26.0 Å².